The molecule has 6 heteroatoms. The van der Waals surface area contributed by atoms with E-state index in [-0.39, 0.29) is 31.0 Å². The molecule has 0 aliphatic rings. The number of methoxy groups -OCH3 is 1. The van der Waals surface area contributed by atoms with Gasteiger partial charge in [0, 0.05) is 6.07 Å². The van der Waals surface area contributed by atoms with Crippen molar-refractivity contribution in [3.05, 3.63) is 24.3 Å². The molecule has 1 atom stereocenters. The van der Waals surface area contributed by atoms with E-state index in [1.54, 1.807) is 13.2 Å². The van der Waals surface area contributed by atoms with Gasteiger partial charge in [-0.2, -0.15) is 0 Å². The topological polar surface area (TPSA) is 73.6 Å². The van der Waals surface area contributed by atoms with Crippen LogP contribution < -0.4 is 20.5 Å². The van der Waals surface area contributed by atoms with E-state index in [4.69, 9.17) is 15.2 Å². The highest BCUT2D eigenvalue weighted by atomic mass is 35.5. The summed E-state index contributed by atoms with van der Waals surface area (Å²) in [6.07, 6.45) is -0.127. The Hall–Kier alpha value is -1.46. The Morgan fingerprint density at radius 3 is 2.72 bits per heavy atom. The first-order chi connectivity index (χ1) is 8.15. The number of rotatable bonds is 6. The molecule has 1 amide bonds. The molecule has 0 aromatic heterocycles. The summed E-state index contributed by atoms with van der Waals surface area (Å²) in [6, 6.07) is 7.32. The number of nitrogens with one attached hydrogen (secondary N) is 1. The predicted molar refractivity (Wildman–Crippen MR) is 72.4 cm³/mol. The normalized spacial score (nSPS) is 11.1. The summed E-state index contributed by atoms with van der Waals surface area (Å²) >= 11 is 0. The molecule has 1 unspecified atom stereocenters. The maximum absolute atomic E-state index is 11.0. The van der Waals surface area contributed by atoms with Crippen molar-refractivity contribution in [3.63, 3.8) is 0 Å². The van der Waals surface area contributed by atoms with Crippen molar-refractivity contribution >= 4 is 18.3 Å². The van der Waals surface area contributed by atoms with Crippen molar-refractivity contribution in [1.82, 2.24) is 5.32 Å². The van der Waals surface area contributed by atoms with Crippen molar-refractivity contribution in [3.8, 4) is 11.5 Å². The molecule has 0 saturated heterocycles. The van der Waals surface area contributed by atoms with Crippen molar-refractivity contribution in [2.24, 2.45) is 5.73 Å². The van der Waals surface area contributed by atoms with Gasteiger partial charge in [-0.15, -0.1) is 12.4 Å². The lowest BCUT2D eigenvalue weighted by Gasteiger charge is -2.15. The molecule has 102 valence electrons. The molecule has 1 aromatic rings. The monoisotopic (exact) mass is 274 g/mol. The van der Waals surface area contributed by atoms with Crippen molar-refractivity contribution < 1.29 is 14.3 Å². The second-order valence-corrected chi connectivity index (χ2v) is 3.62. The zero-order chi connectivity index (χ0) is 12.7. The van der Waals surface area contributed by atoms with Crippen LogP contribution in [0.2, 0.25) is 0 Å². The van der Waals surface area contributed by atoms with Gasteiger partial charge in [-0.05, 0) is 19.1 Å². The van der Waals surface area contributed by atoms with Crippen LogP contribution in [0.25, 0.3) is 0 Å². The van der Waals surface area contributed by atoms with Gasteiger partial charge in [0.1, 0.15) is 17.6 Å². The maximum Gasteiger partial charge on any atom is 0.233 e. The molecule has 0 radical (unpaired) electrons. The van der Waals surface area contributed by atoms with E-state index in [1.165, 1.54) is 0 Å². The van der Waals surface area contributed by atoms with E-state index in [0.29, 0.717) is 12.3 Å². The quantitative estimate of drug-likeness (QED) is 0.810. The Kier molecular flexibility index (Phi) is 7.91. The summed E-state index contributed by atoms with van der Waals surface area (Å²) in [5.41, 5.74) is 5.18. The Balaban J connectivity index is 0.00000289. The number of ether oxygens (including phenoxy) is 2. The SMILES string of the molecule is COc1cccc(OC(C)CNC(=O)CN)c1.Cl. The van der Waals surface area contributed by atoms with Gasteiger partial charge in [0.05, 0.1) is 20.2 Å². The van der Waals surface area contributed by atoms with Crippen molar-refractivity contribution in [2.75, 3.05) is 20.2 Å². The molecule has 0 fully saturated rings. The van der Waals surface area contributed by atoms with Crippen LogP contribution in [-0.2, 0) is 4.79 Å². The first-order valence-corrected chi connectivity index (χ1v) is 5.43. The van der Waals surface area contributed by atoms with E-state index < -0.39 is 0 Å². The summed E-state index contributed by atoms with van der Waals surface area (Å²) < 4.78 is 10.7. The highest BCUT2D eigenvalue weighted by Gasteiger charge is 2.06. The number of carbonyl (C=O) groups excluding carboxylic acids is 1. The maximum atomic E-state index is 11.0. The average molecular weight is 275 g/mol. The Morgan fingerprint density at radius 1 is 1.44 bits per heavy atom. The molecular formula is C12H19ClN2O3. The number of benzene rings is 1. The third-order valence-electron chi connectivity index (χ3n) is 2.15. The summed E-state index contributed by atoms with van der Waals surface area (Å²) in [7, 11) is 1.60. The van der Waals surface area contributed by atoms with Crippen LogP contribution in [0.5, 0.6) is 11.5 Å². The van der Waals surface area contributed by atoms with Crippen LogP contribution in [0.4, 0.5) is 0 Å². The fourth-order valence-electron chi connectivity index (χ4n) is 1.28. The third-order valence-corrected chi connectivity index (χ3v) is 2.15. The molecule has 5 nitrogen and oxygen atoms in total. The van der Waals surface area contributed by atoms with E-state index in [1.807, 2.05) is 25.1 Å². The summed E-state index contributed by atoms with van der Waals surface area (Å²) in [6.45, 7) is 2.29. The van der Waals surface area contributed by atoms with Crippen LogP contribution in [0.3, 0.4) is 0 Å². The van der Waals surface area contributed by atoms with Gasteiger partial charge in [0.25, 0.3) is 0 Å². The number of nitrogens with two attached hydrogens (primary N) is 1. The van der Waals surface area contributed by atoms with Gasteiger partial charge in [-0.25, -0.2) is 0 Å². The molecule has 1 aromatic carbocycles. The number of halogens is 1. The summed E-state index contributed by atoms with van der Waals surface area (Å²) in [5.74, 6) is 1.26. The highest BCUT2D eigenvalue weighted by molar-refractivity contribution is 5.85. The molecule has 0 saturated carbocycles. The predicted octanol–water partition coefficient (Wildman–Crippen LogP) is 0.959. The van der Waals surface area contributed by atoms with Crippen LogP contribution in [0.1, 0.15) is 6.92 Å². The minimum absolute atomic E-state index is 0. The molecule has 18 heavy (non-hydrogen) atoms. The van der Waals surface area contributed by atoms with Crippen molar-refractivity contribution in [1.29, 1.82) is 0 Å². The minimum Gasteiger partial charge on any atom is -0.497 e. The van der Waals surface area contributed by atoms with Crippen LogP contribution in [0, 0.1) is 0 Å². The van der Waals surface area contributed by atoms with Crippen LogP contribution in [-0.4, -0.2) is 32.2 Å². The number of carbonyl (C=O) groups is 1. The molecule has 1 rings (SSSR count). The summed E-state index contributed by atoms with van der Waals surface area (Å²) in [4.78, 5) is 11.0. The van der Waals surface area contributed by atoms with E-state index in [0.717, 1.165) is 5.75 Å². The first-order valence-electron chi connectivity index (χ1n) is 5.43. The molecular weight excluding hydrogens is 256 g/mol. The fourth-order valence-corrected chi connectivity index (χ4v) is 1.28. The molecule has 0 spiro atoms. The van der Waals surface area contributed by atoms with Crippen LogP contribution >= 0.6 is 12.4 Å². The Bertz CT molecular complexity index is 374. The Morgan fingerprint density at radius 2 is 2.11 bits per heavy atom. The number of hydrogen-bond acceptors (Lipinski definition) is 4. The summed E-state index contributed by atoms with van der Waals surface area (Å²) in [5, 5.41) is 2.66. The van der Waals surface area contributed by atoms with E-state index in [2.05, 4.69) is 5.32 Å². The minimum atomic E-state index is -0.189. The van der Waals surface area contributed by atoms with Gasteiger partial charge in [0.2, 0.25) is 5.91 Å². The molecule has 3 N–H and O–H groups in total. The Labute approximate surface area is 113 Å². The second kappa shape index (κ2) is 8.60. The lowest BCUT2D eigenvalue weighted by molar-refractivity contribution is -0.120. The zero-order valence-electron chi connectivity index (χ0n) is 10.5. The van der Waals surface area contributed by atoms with E-state index in [9.17, 15) is 4.79 Å². The number of hydrogen-bond donors (Lipinski definition) is 2. The number of amides is 1. The second-order valence-electron chi connectivity index (χ2n) is 3.62. The van der Waals surface area contributed by atoms with E-state index >= 15 is 0 Å². The molecule has 0 aliphatic carbocycles. The smallest absolute Gasteiger partial charge is 0.233 e. The lowest BCUT2D eigenvalue weighted by atomic mass is 10.3. The lowest BCUT2D eigenvalue weighted by Crippen LogP contribution is -2.37. The molecule has 0 aliphatic heterocycles. The van der Waals surface area contributed by atoms with Crippen molar-refractivity contribution in [2.45, 2.75) is 13.0 Å². The largest absolute Gasteiger partial charge is 0.497 e. The third kappa shape index (κ3) is 5.75. The van der Waals surface area contributed by atoms with Gasteiger partial charge in [0.15, 0.2) is 0 Å². The van der Waals surface area contributed by atoms with Gasteiger partial charge in [-0.1, -0.05) is 6.07 Å². The molecule has 0 heterocycles. The standard InChI is InChI=1S/C12H18N2O3.ClH/c1-9(8-14-12(15)7-13)17-11-5-3-4-10(6-11)16-2;/h3-6,9H,7-8,13H2,1-2H3,(H,14,15);1H. The average Bonchev–Trinajstić information content (AvgIpc) is 2.36. The van der Waals surface area contributed by atoms with Gasteiger partial charge >= 0.3 is 0 Å². The fraction of sp³-hybridized carbons (Fsp3) is 0.417. The van der Waals surface area contributed by atoms with Gasteiger partial charge in [-0.3, -0.25) is 4.79 Å². The van der Waals surface area contributed by atoms with Gasteiger partial charge < -0.3 is 20.5 Å². The zero-order valence-corrected chi connectivity index (χ0v) is 11.3. The molecule has 0 bridgehead atoms. The van der Waals surface area contributed by atoms with Crippen LogP contribution in [0.15, 0.2) is 24.3 Å². The first kappa shape index (κ1) is 16.5. The highest BCUT2D eigenvalue weighted by Crippen LogP contribution is 2.19.